The first-order valence-electron chi connectivity index (χ1n) is 7.77. The third kappa shape index (κ3) is 4.59. The second-order valence-electron chi connectivity index (χ2n) is 6.35. The van der Waals surface area contributed by atoms with E-state index in [1.165, 1.54) is 12.8 Å². The Morgan fingerprint density at radius 3 is 2.29 bits per heavy atom. The maximum absolute atomic E-state index is 12.0. The van der Waals surface area contributed by atoms with Gasteiger partial charge in [-0.05, 0) is 32.9 Å². The van der Waals surface area contributed by atoms with E-state index in [2.05, 4.69) is 15.5 Å². The number of hydrogen-bond acceptors (Lipinski definition) is 3. The minimum absolute atomic E-state index is 0.00638. The molecule has 6 nitrogen and oxygen atoms in total. The van der Waals surface area contributed by atoms with Crippen LogP contribution in [0.15, 0.2) is 0 Å². The van der Waals surface area contributed by atoms with E-state index in [0.717, 1.165) is 12.8 Å². The van der Waals surface area contributed by atoms with Gasteiger partial charge in [-0.25, -0.2) is 9.59 Å². The number of rotatable bonds is 7. The summed E-state index contributed by atoms with van der Waals surface area (Å²) < 4.78 is 0. The molecule has 1 rings (SSSR count). The summed E-state index contributed by atoms with van der Waals surface area (Å²) in [6, 6.07) is -1.23. The molecular formula is C15H29N3O3. The number of carboxylic acids is 1. The summed E-state index contributed by atoms with van der Waals surface area (Å²) in [5.74, 6) is -1.08. The molecule has 0 aliphatic heterocycles. The predicted molar refractivity (Wildman–Crippen MR) is 82.3 cm³/mol. The highest BCUT2D eigenvalue weighted by Crippen LogP contribution is 2.33. The standard InChI is InChI=1S/C15H29N3O3/c1-5-11(2)12(13(19)20)17-14(21)16-10-15(18(3)4)8-6-7-9-15/h11-12H,5-10H2,1-4H3,(H,19,20)(H2,16,17,21). The highest BCUT2D eigenvalue weighted by atomic mass is 16.4. The molecule has 6 heteroatoms. The molecule has 2 amide bonds. The van der Waals surface area contributed by atoms with Crippen LogP contribution in [0.25, 0.3) is 0 Å². The van der Waals surface area contributed by atoms with Crippen LogP contribution in [0.5, 0.6) is 0 Å². The first kappa shape index (κ1) is 17.8. The first-order valence-corrected chi connectivity index (χ1v) is 7.77. The van der Waals surface area contributed by atoms with Crippen molar-refractivity contribution < 1.29 is 14.7 Å². The molecular weight excluding hydrogens is 270 g/mol. The minimum Gasteiger partial charge on any atom is -0.480 e. The van der Waals surface area contributed by atoms with Gasteiger partial charge in [0, 0.05) is 12.1 Å². The summed E-state index contributed by atoms with van der Waals surface area (Å²) in [5.41, 5.74) is 0.00638. The lowest BCUT2D eigenvalue weighted by atomic mass is 9.96. The summed E-state index contributed by atoms with van der Waals surface area (Å²) in [6.45, 7) is 4.30. The number of urea groups is 1. The molecule has 122 valence electrons. The Kier molecular flexibility index (Phi) is 6.45. The Hall–Kier alpha value is -1.30. The summed E-state index contributed by atoms with van der Waals surface area (Å²) >= 11 is 0. The fraction of sp³-hybridized carbons (Fsp3) is 0.867. The lowest BCUT2D eigenvalue weighted by molar-refractivity contribution is -0.140. The molecule has 3 N–H and O–H groups in total. The van der Waals surface area contributed by atoms with Crippen LogP contribution in [0.1, 0.15) is 46.0 Å². The van der Waals surface area contributed by atoms with Crippen LogP contribution in [0, 0.1) is 5.92 Å². The van der Waals surface area contributed by atoms with E-state index in [1.54, 1.807) is 0 Å². The van der Waals surface area contributed by atoms with Crippen molar-refractivity contribution in [3.05, 3.63) is 0 Å². The lowest BCUT2D eigenvalue weighted by Crippen LogP contribution is -2.55. The van der Waals surface area contributed by atoms with Crippen molar-refractivity contribution >= 4 is 12.0 Å². The fourth-order valence-corrected chi connectivity index (χ4v) is 2.94. The maximum atomic E-state index is 12.0. The van der Waals surface area contributed by atoms with Crippen molar-refractivity contribution in [3.8, 4) is 0 Å². The lowest BCUT2D eigenvalue weighted by Gasteiger charge is -2.36. The number of nitrogens with one attached hydrogen (secondary N) is 2. The van der Waals surface area contributed by atoms with E-state index in [-0.39, 0.29) is 11.5 Å². The van der Waals surface area contributed by atoms with Crippen LogP contribution in [0.2, 0.25) is 0 Å². The van der Waals surface area contributed by atoms with Gasteiger partial charge in [0.1, 0.15) is 6.04 Å². The number of aliphatic carboxylic acids is 1. The van der Waals surface area contributed by atoms with Crippen LogP contribution in [-0.2, 0) is 4.79 Å². The molecule has 0 saturated heterocycles. The van der Waals surface area contributed by atoms with Gasteiger partial charge >= 0.3 is 12.0 Å². The van der Waals surface area contributed by atoms with Gasteiger partial charge in [0.15, 0.2) is 0 Å². The Labute approximate surface area is 127 Å². The largest absolute Gasteiger partial charge is 0.480 e. The van der Waals surface area contributed by atoms with Gasteiger partial charge in [0.25, 0.3) is 0 Å². The summed E-state index contributed by atoms with van der Waals surface area (Å²) in [7, 11) is 4.06. The first-order chi connectivity index (χ1) is 9.82. The molecule has 0 aromatic carbocycles. The average Bonchev–Trinajstić information content (AvgIpc) is 2.91. The van der Waals surface area contributed by atoms with Crippen molar-refractivity contribution in [1.29, 1.82) is 0 Å². The zero-order valence-electron chi connectivity index (χ0n) is 13.6. The second kappa shape index (κ2) is 7.64. The molecule has 1 aliphatic rings. The van der Waals surface area contributed by atoms with E-state index in [0.29, 0.717) is 13.0 Å². The van der Waals surface area contributed by atoms with Gasteiger partial charge < -0.3 is 20.6 Å². The SMILES string of the molecule is CCC(C)C(NC(=O)NCC1(N(C)C)CCCC1)C(=O)O. The van der Waals surface area contributed by atoms with E-state index >= 15 is 0 Å². The van der Waals surface area contributed by atoms with Crippen molar-refractivity contribution in [2.45, 2.75) is 57.5 Å². The number of nitrogens with zero attached hydrogens (tertiary/aromatic N) is 1. The van der Waals surface area contributed by atoms with Crippen LogP contribution in [-0.4, -0.2) is 54.2 Å². The molecule has 2 unspecified atom stereocenters. The maximum Gasteiger partial charge on any atom is 0.326 e. The zero-order valence-corrected chi connectivity index (χ0v) is 13.6. The molecule has 1 saturated carbocycles. The number of hydrogen-bond donors (Lipinski definition) is 3. The van der Waals surface area contributed by atoms with E-state index in [9.17, 15) is 14.7 Å². The molecule has 0 spiro atoms. The molecule has 0 aromatic rings. The Bertz CT molecular complexity index is 365. The molecule has 0 heterocycles. The Morgan fingerprint density at radius 2 is 1.86 bits per heavy atom. The summed E-state index contributed by atoms with van der Waals surface area (Å²) in [6.07, 6.45) is 5.18. The summed E-state index contributed by atoms with van der Waals surface area (Å²) in [5, 5.41) is 14.6. The minimum atomic E-state index is -0.984. The van der Waals surface area contributed by atoms with E-state index in [1.807, 2.05) is 27.9 Å². The van der Waals surface area contributed by atoms with Crippen LogP contribution < -0.4 is 10.6 Å². The number of amides is 2. The number of carboxylic acid groups (broad SMARTS) is 1. The summed E-state index contributed by atoms with van der Waals surface area (Å²) in [4.78, 5) is 25.4. The van der Waals surface area contributed by atoms with E-state index < -0.39 is 18.0 Å². The predicted octanol–water partition coefficient (Wildman–Crippen LogP) is 1.66. The van der Waals surface area contributed by atoms with Crippen molar-refractivity contribution in [2.75, 3.05) is 20.6 Å². The molecule has 0 aromatic heterocycles. The van der Waals surface area contributed by atoms with Gasteiger partial charge in [0.2, 0.25) is 0 Å². The fourth-order valence-electron chi connectivity index (χ4n) is 2.94. The van der Waals surface area contributed by atoms with E-state index in [4.69, 9.17) is 0 Å². The van der Waals surface area contributed by atoms with Crippen LogP contribution >= 0.6 is 0 Å². The van der Waals surface area contributed by atoms with Gasteiger partial charge in [-0.2, -0.15) is 0 Å². The third-order valence-electron chi connectivity index (χ3n) is 4.83. The van der Waals surface area contributed by atoms with Crippen LogP contribution in [0.3, 0.4) is 0 Å². The molecule has 2 atom stereocenters. The van der Waals surface area contributed by atoms with Crippen molar-refractivity contribution in [3.63, 3.8) is 0 Å². The smallest absolute Gasteiger partial charge is 0.326 e. The molecule has 21 heavy (non-hydrogen) atoms. The molecule has 1 aliphatic carbocycles. The average molecular weight is 299 g/mol. The van der Waals surface area contributed by atoms with Gasteiger partial charge in [0.05, 0.1) is 0 Å². The Morgan fingerprint density at radius 1 is 1.29 bits per heavy atom. The van der Waals surface area contributed by atoms with Crippen LogP contribution in [0.4, 0.5) is 4.79 Å². The highest BCUT2D eigenvalue weighted by molar-refractivity contribution is 5.82. The number of likely N-dealkylation sites (N-methyl/N-ethyl adjacent to an activating group) is 1. The quantitative estimate of drug-likeness (QED) is 0.668. The third-order valence-corrected chi connectivity index (χ3v) is 4.83. The van der Waals surface area contributed by atoms with Gasteiger partial charge in [-0.1, -0.05) is 33.1 Å². The highest BCUT2D eigenvalue weighted by Gasteiger charge is 2.36. The van der Waals surface area contributed by atoms with Gasteiger partial charge in [-0.3, -0.25) is 0 Å². The number of carbonyl (C=O) groups is 2. The molecule has 0 bridgehead atoms. The monoisotopic (exact) mass is 299 g/mol. The molecule has 1 fully saturated rings. The topological polar surface area (TPSA) is 81.7 Å². The Balaban J connectivity index is 2.54. The normalized spacial score (nSPS) is 20.0. The number of carbonyl (C=O) groups excluding carboxylic acids is 1. The van der Waals surface area contributed by atoms with Crippen molar-refractivity contribution in [1.82, 2.24) is 15.5 Å². The zero-order chi connectivity index (χ0) is 16.0. The van der Waals surface area contributed by atoms with Crippen molar-refractivity contribution in [2.24, 2.45) is 5.92 Å². The molecule has 0 radical (unpaired) electrons. The second-order valence-corrected chi connectivity index (χ2v) is 6.35. The van der Waals surface area contributed by atoms with Gasteiger partial charge in [-0.15, -0.1) is 0 Å².